The van der Waals surface area contributed by atoms with E-state index < -0.39 is 0 Å². The Bertz CT molecular complexity index is 445. The van der Waals surface area contributed by atoms with Gasteiger partial charge in [0.1, 0.15) is 0 Å². The average molecular weight is 303 g/mol. The predicted octanol–water partition coefficient (Wildman–Crippen LogP) is 2.19. The Morgan fingerprint density at radius 3 is 2.73 bits per heavy atom. The SMILES string of the molecule is CC1CN(Cc2ccccn2)CCC1NC1CCC(O)CC1. The second-order valence-corrected chi connectivity index (χ2v) is 7.10. The molecule has 2 N–H and O–H groups in total. The highest BCUT2D eigenvalue weighted by atomic mass is 16.3. The van der Waals surface area contributed by atoms with E-state index in [2.05, 4.69) is 34.3 Å². The lowest BCUT2D eigenvalue weighted by molar-refractivity contribution is 0.0960. The number of likely N-dealkylation sites (tertiary alicyclic amines) is 1. The molecule has 2 fully saturated rings. The van der Waals surface area contributed by atoms with E-state index in [0.29, 0.717) is 18.0 Å². The van der Waals surface area contributed by atoms with Gasteiger partial charge in [0.15, 0.2) is 0 Å². The van der Waals surface area contributed by atoms with Crippen LogP contribution in [0.5, 0.6) is 0 Å². The number of aliphatic hydroxyl groups is 1. The van der Waals surface area contributed by atoms with Crippen LogP contribution in [-0.4, -0.2) is 46.3 Å². The first-order chi connectivity index (χ1) is 10.7. The summed E-state index contributed by atoms with van der Waals surface area (Å²) >= 11 is 0. The molecule has 122 valence electrons. The quantitative estimate of drug-likeness (QED) is 0.895. The summed E-state index contributed by atoms with van der Waals surface area (Å²) in [6.45, 7) is 5.62. The minimum atomic E-state index is -0.0595. The third-order valence-corrected chi connectivity index (χ3v) is 5.25. The molecule has 0 amide bonds. The molecule has 1 aromatic heterocycles. The summed E-state index contributed by atoms with van der Waals surface area (Å²) in [7, 11) is 0. The number of aromatic nitrogens is 1. The molecule has 1 aliphatic heterocycles. The van der Waals surface area contributed by atoms with Crippen LogP contribution in [0.1, 0.15) is 44.7 Å². The normalized spacial score (nSPS) is 33.7. The Morgan fingerprint density at radius 1 is 1.23 bits per heavy atom. The van der Waals surface area contributed by atoms with E-state index in [9.17, 15) is 5.11 Å². The summed E-state index contributed by atoms with van der Waals surface area (Å²) in [5.41, 5.74) is 1.17. The third-order valence-electron chi connectivity index (χ3n) is 5.25. The lowest BCUT2D eigenvalue weighted by atomic mass is 9.88. The number of hydrogen-bond donors (Lipinski definition) is 2. The first kappa shape index (κ1) is 15.9. The van der Waals surface area contributed by atoms with Crippen LogP contribution in [0.2, 0.25) is 0 Å². The van der Waals surface area contributed by atoms with Crippen molar-refractivity contribution in [1.82, 2.24) is 15.2 Å². The molecule has 0 bridgehead atoms. The Labute approximate surface area is 133 Å². The zero-order valence-electron chi connectivity index (χ0n) is 13.6. The Kier molecular flexibility index (Phi) is 5.45. The van der Waals surface area contributed by atoms with Gasteiger partial charge in [0.05, 0.1) is 11.8 Å². The number of aliphatic hydroxyl groups excluding tert-OH is 1. The smallest absolute Gasteiger partial charge is 0.0543 e. The van der Waals surface area contributed by atoms with Crippen LogP contribution in [0.3, 0.4) is 0 Å². The maximum absolute atomic E-state index is 9.62. The molecule has 0 aromatic carbocycles. The molecule has 1 saturated heterocycles. The zero-order valence-corrected chi connectivity index (χ0v) is 13.6. The minimum absolute atomic E-state index is 0.0595. The molecule has 2 unspecified atom stereocenters. The van der Waals surface area contributed by atoms with E-state index in [4.69, 9.17) is 0 Å². The predicted molar refractivity (Wildman–Crippen MR) is 88.5 cm³/mol. The molecule has 22 heavy (non-hydrogen) atoms. The van der Waals surface area contributed by atoms with Gasteiger partial charge in [0.25, 0.3) is 0 Å². The molecular weight excluding hydrogens is 274 g/mol. The summed E-state index contributed by atoms with van der Waals surface area (Å²) in [5.74, 6) is 0.671. The van der Waals surface area contributed by atoms with Gasteiger partial charge in [-0.2, -0.15) is 0 Å². The van der Waals surface area contributed by atoms with Crippen molar-refractivity contribution in [2.45, 2.75) is 63.8 Å². The fraction of sp³-hybridized carbons (Fsp3) is 0.722. The lowest BCUT2D eigenvalue weighted by Crippen LogP contribution is -2.51. The largest absolute Gasteiger partial charge is 0.393 e. The molecule has 0 spiro atoms. The highest BCUT2D eigenvalue weighted by Crippen LogP contribution is 2.23. The van der Waals surface area contributed by atoms with E-state index >= 15 is 0 Å². The van der Waals surface area contributed by atoms with Crippen molar-refractivity contribution >= 4 is 0 Å². The number of piperidine rings is 1. The van der Waals surface area contributed by atoms with Crippen molar-refractivity contribution in [2.24, 2.45) is 5.92 Å². The second-order valence-electron chi connectivity index (χ2n) is 7.10. The molecule has 1 aliphatic carbocycles. The van der Waals surface area contributed by atoms with Crippen LogP contribution < -0.4 is 5.32 Å². The maximum atomic E-state index is 9.62. The van der Waals surface area contributed by atoms with E-state index in [-0.39, 0.29) is 6.10 Å². The molecular formula is C18H29N3O. The van der Waals surface area contributed by atoms with E-state index in [1.54, 1.807) is 0 Å². The van der Waals surface area contributed by atoms with Crippen molar-refractivity contribution in [3.63, 3.8) is 0 Å². The summed E-state index contributed by atoms with van der Waals surface area (Å²) in [6, 6.07) is 7.39. The van der Waals surface area contributed by atoms with Crippen LogP contribution >= 0.6 is 0 Å². The average Bonchev–Trinajstić information content (AvgIpc) is 2.53. The molecule has 2 aliphatic rings. The van der Waals surface area contributed by atoms with Gasteiger partial charge in [-0.05, 0) is 50.2 Å². The Balaban J connectivity index is 1.46. The monoisotopic (exact) mass is 303 g/mol. The number of hydrogen-bond acceptors (Lipinski definition) is 4. The van der Waals surface area contributed by atoms with Crippen molar-refractivity contribution in [3.05, 3.63) is 30.1 Å². The van der Waals surface area contributed by atoms with Crippen LogP contribution in [0.25, 0.3) is 0 Å². The van der Waals surface area contributed by atoms with E-state index in [1.807, 2.05) is 12.3 Å². The standard InChI is InChI=1S/C18H29N3O/c1-14-12-21(13-16-4-2-3-10-19-16)11-9-18(14)20-15-5-7-17(22)8-6-15/h2-4,10,14-15,17-18,20,22H,5-9,11-13H2,1H3. The fourth-order valence-electron chi connectivity index (χ4n) is 3.89. The van der Waals surface area contributed by atoms with Crippen LogP contribution in [0, 0.1) is 5.92 Å². The van der Waals surface area contributed by atoms with Crippen molar-refractivity contribution in [2.75, 3.05) is 13.1 Å². The van der Waals surface area contributed by atoms with Gasteiger partial charge in [-0.1, -0.05) is 13.0 Å². The summed E-state index contributed by atoms with van der Waals surface area (Å²) in [5, 5.41) is 13.5. The first-order valence-electron chi connectivity index (χ1n) is 8.77. The van der Waals surface area contributed by atoms with Crippen LogP contribution in [-0.2, 0) is 6.54 Å². The topological polar surface area (TPSA) is 48.4 Å². The highest BCUT2D eigenvalue weighted by Gasteiger charge is 2.29. The summed E-state index contributed by atoms with van der Waals surface area (Å²) in [6.07, 6.45) is 7.22. The van der Waals surface area contributed by atoms with Gasteiger partial charge < -0.3 is 10.4 Å². The second kappa shape index (κ2) is 7.53. The van der Waals surface area contributed by atoms with Crippen molar-refractivity contribution in [1.29, 1.82) is 0 Å². The highest BCUT2D eigenvalue weighted by molar-refractivity contribution is 5.03. The number of nitrogens with zero attached hydrogens (tertiary/aromatic N) is 2. The summed E-state index contributed by atoms with van der Waals surface area (Å²) in [4.78, 5) is 6.96. The van der Waals surface area contributed by atoms with E-state index in [0.717, 1.165) is 45.3 Å². The van der Waals surface area contributed by atoms with Gasteiger partial charge >= 0.3 is 0 Å². The zero-order chi connectivity index (χ0) is 15.4. The number of nitrogens with one attached hydrogen (secondary N) is 1. The lowest BCUT2D eigenvalue weighted by Gasteiger charge is -2.40. The Hall–Kier alpha value is -0.970. The number of pyridine rings is 1. The minimum Gasteiger partial charge on any atom is -0.393 e. The molecule has 4 nitrogen and oxygen atoms in total. The van der Waals surface area contributed by atoms with Gasteiger partial charge in [0.2, 0.25) is 0 Å². The Morgan fingerprint density at radius 2 is 2.05 bits per heavy atom. The third kappa shape index (κ3) is 4.28. The van der Waals surface area contributed by atoms with Crippen LogP contribution in [0.4, 0.5) is 0 Å². The van der Waals surface area contributed by atoms with Gasteiger partial charge in [-0.3, -0.25) is 9.88 Å². The molecule has 0 radical (unpaired) electrons. The van der Waals surface area contributed by atoms with Crippen LogP contribution in [0.15, 0.2) is 24.4 Å². The fourth-order valence-corrected chi connectivity index (χ4v) is 3.89. The van der Waals surface area contributed by atoms with Crippen molar-refractivity contribution in [3.8, 4) is 0 Å². The maximum Gasteiger partial charge on any atom is 0.0543 e. The van der Waals surface area contributed by atoms with Gasteiger partial charge in [-0.25, -0.2) is 0 Å². The molecule has 2 atom stereocenters. The molecule has 1 saturated carbocycles. The summed E-state index contributed by atoms with van der Waals surface area (Å²) < 4.78 is 0. The van der Waals surface area contributed by atoms with Crippen molar-refractivity contribution < 1.29 is 5.11 Å². The van der Waals surface area contributed by atoms with Gasteiger partial charge in [-0.15, -0.1) is 0 Å². The number of rotatable bonds is 4. The molecule has 3 rings (SSSR count). The van der Waals surface area contributed by atoms with Gasteiger partial charge in [0, 0.05) is 37.9 Å². The first-order valence-corrected chi connectivity index (χ1v) is 8.77. The molecule has 1 aromatic rings. The molecule has 2 heterocycles. The molecule has 4 heteroatoms. The van der Waals surface area contributed by atoms with E-state index in [1.165, 1.54) is 12.1 Å².